The summed E-state index contributed by atoms with van der Waals surface area (Å²) in [6.07, 6.45) is 7.05. The van der Waals surface area contributed by atoms with Crippen LogP contribution in [0.5, 0.6) is 0 Å². The maximum Gasteiger partial charge on any atom is 0.193 e. The van der Waals surface area contributed by atoms with Crippen LogP contribution in [0.15, 0.2) is 4.99 Å². The van der Waals surface area contributed by atoms with E-state index in [1.165, 1.54) is 12.8 Å². The largest absolute Gasteiger partial charge is 0.381 e. The highest BCUT2D eigenvalue weighted by molar-refractivity contribution is 14.0. The van der Waals surface area contributed by atoms with Crippen molar-refractivity contribution in [3.63, 3.8) is 0 Å². The first-order valence-electron chi connectivity index (χ1n) is 7.46. The van der Waals surface area contributed by atoms with Gasteiger partial charge in [0.05, 0.1) is 6.54 Å². The Hall–Kier alpha value is 0.310. The van der Waals surface area contributed by atoms with Gasteiger partial charge in [0.15, 0.2) is 5.96 Å². The first kappa shape index (κ1) is 18.4. The molecule has 0 aromatic heterocycles. The number of guanidine groups is 1. The Kier molecular flexibility index (Phi) is 8.59. The van der Waals surface area contributed by atoms with Crippen molar-refractivity contribution < 1.29 is 4.74 Å². The van der Waals surface area contributed by atoms with Crippen molar-refractivity contribution in [3.8, 4) is 0 Å². The number of hydrogen-bond acceptors (Lipinski definition) is 3. The van der Waals surface area contributed by atoms with E-state index in [2.05, 4.69) is 23.4 Å². The molecule has 2 rings (SSSR count). The van der Waals surface area contributed by atoms with Crippen LogP contribution in [0.2, 0.25) is 0 Å². The van der Waals surface area contributed by atoms with Crippen LogP contribution >= 0.6 is 35.7 Å². The summed E-state index contributed by atoms with van der Waals surface area (Å²) in [5, 5.41) is 3.44. The van der Waals surface area contributed by atoms with Crippen molar-refractivity contribution in [1.29, 1.82) is 0 Å². The maximum atomic E-state index is 5.49. The molecule has 0 aromatic carbocycles. The second kappa shape index (κ2) is 9.35. The molecule has 6 heteroatoms. The van der Waals surface area contributed by atoms with Crippen LogP contribution in [0.3, 0.4) is 0 Å². The fourth-order valence-corrected chi connectivity index (χ4v) is 3.51. The predicted molar refractivity (Wildman–Crippen MR) is 98.5 cm³/mol. The maximum absolute atomic E-state index is 5.49. The lowest BCUT2D eigenvalue weighted by Gasteiger charge is -2.34. The monoisotopic (exact) mass is 413 g/mol. The Labute approximate surface area is 144 Å². The topological polar surface area (TPSA) is 36.9 Å². The van der Waals surface area contributed by atoms with E-state index in [9.17, 15) is 0 Å². The van der Waals surface area contributed by atoms with E-state index in [4.69, 9.17) is 9.73 Å². The molecule has 2 aliphatic rings. The highest BCUT2D eigenvalue weighted by atomic mass is 127. The van der Waals surface area contributed by atoms with Crippen molar-refractivity contribution >= 4 is 41.7 Å². The van der Waals surface area contributed by atoms with Crippen LogP contribution < -0.4 is 5.32 Å². The van der Waals surface area contributed by atoms with Crippen molar-refractivity contribution in [2.45, 2.75) is 37.4 Å². The lowest BCUT2D eigenvalue weighted by Crippen LogP contribution is -2.42. The van der Waals surface area contributed by atoms with E-state index < -0.39 is 0 Å². The number of nitrogens with zero attached hydrogens (tertiary/aromatic N) is 2. The number of ether oxygens (including phenoxy) is 1. The van der Waals surface area contributed by atoms with Gasteiger partial charge in [0.2, 0.25) is 0 Å². The molecular weight excluding hydrogens is 385 g/mol. The number of nitrogens with one attached hydrogen (secondary N) is 1. The molecule has 2 heterocycles. The number of aliphatic imine (C=N–C) groups is 1. The van der Waals surface area contributed by atoms with Crippen LogP contribution in [0.1, 0.15) is 32.6 Å². The van der Waals surface area contributed by atoms with E-state index >= 15 is 0 Å². The van der Waals surface area contributed by atoms with E-state index in [1.54, 1.807) is 0 Å². The molecule has 0 amide bonds. The summed E-state index contributed by atoms with van der Waals surface area (Å²) in [5.41, 5.74) is 0. The zero-order valence-corrected chi connectivity index (χ0v) is 15.8. The molecule has 0 aromatic rings. The summed E-state index contributed by atoms with van der Waals surface area (Å²) in [6.45, 7) is 8.08. The van der Waals surface area contributed by atoms with Gasteiger partial charge in [0.1, 0.15) is 0 Å². The third kappa shape index (κ3) is 4.94. The smallest absolute Gasteiger partial charge is 0.193 e. The van der Waals surface area contributed by atoms with Gasteiger partial charge in [-0.15, -0.1) is 24.0 Å². The molecule has 118 valence electrons. The molecule has 0 radical (unpaired) electrons. The first-order valence-corrected chi connectivity index (χ1v) is 8.68. The summed E-state index contributed by atoms with van der Waals surface area (Å²) >= 11 is 1.96. The second-order valence-electron chi connectivity index (χ2n) is 5.36. The molecule has 0 spiro atoms. The normalized spacial score (nSPS) is 22.5. The SMILES string of the molecule is CCNC(=NCC1(SC)CCOCC1)N1CCCC1.I. The summed E-state index contributed by atoms with van der Waals surface area (Å²) in [5.74, 6) is 1.11. The molecule has 0 bridgehead atoms. The van der Waals surface area contributed by atoms with Gasteiger partial charge in [0, 0.05) is 37.6 Å². The van der Waals surface area contributed by atoms with Gasteiger partial charge in [-0.05, 0) is 38.9 Å². The highest BCUT2D eigenvalue weighted by Gasteiger charge is 2.32. The van der Waals surface area contributed by atoms with Gasteiger partial charge in [-0.1, -0.05) is 0 Å². The van der Waals surface area contributed by atoms with Gasteiger partial charge in [-0.2, -0.15) is 11.8 Å². The molecule has 2 fully saturated rings. The Morgan fingerprint density at radius 3 is 2.50 bits per heavy atom. The van der Waals surface area contributed by atoms with Crippen molar-refractivity contribution in [2.75, 3.05) is 45.6 Å². The summed E-state index contributed by atoms with van der Waals surface area (Å²) in [7, 11) is 0. The quantitative estimate of drug-likeness (QED) is 0.437. The highest BCUT2D eigenvalue weighted by Crippen LogP contribution is 2.34. The van der Waals surface area contributed by atoms with Crippen LogP contribution in [-0.2, 0) is 4.74 Å². The lowest BCUT2D eigenvalue weighted by molar-refractivity contribution is 0.0793. The molecule has 0 aliphatic carbocycles. The standard InChI is InChI=1S/C14H27N3OS.HI/c1-3-15-13(17-8-4-5-9-17)16-12-14(19-2)6-10-18-11-7-14;/h3-12H2,1-2H3,(H,15,16);1H. The summed E-state index contributed by atoms with van der Waals surface area (Å²) < 4.78 is 5.78. The van der Waals surface area contributed by atoms with E-state index in [0.717, 1.165) is 58.2 Å². The first-order chi connectivity index (χ1) is 9.29. The second-order valence-corrected chi connectivity index (χ2v) is 6.64. The van der Waals surface area contributed by atoms with E-state index in [0.29, 0.717) is 4.75 Å². The minimum Gasteiger partial charge on any atom is -0.381 e. The number of halogens is 1. The molecule has 4 nitrogen and oxygen atoms in total. The van der Waals surface area contributed by atoms with Crippen molar-refractivity contribution in [2.24, 2.45) is 4.99 Å². The van der Waals surface area contributed by atoms with Crippen molar-refractivity contribution in [3.05, 3.63) is 0 Å². The Morgan fingerprint density at radius 1 is 1.30 bits per heavy atom. The zero-order chi connectivity index (χ0) is 13.6. The van der Waals surface area contributed by atoms with Gasteiger partial charge in [0.25, 0.3) is 0 Å². The predicted octanol–water partition coefficient (Wildman–Crippen LogP) is 2.58. The summed E-state index contributed by atoms with van der Waals surface area (Å²) in [4.78, 5) is 7.32. The minimum atomic E-state index is 0. The van der Waals surface area contributed by atoms with E-state index in [-0.39, 0.29) is 24.0 Å². The van der Waals surface area contributed by atoms with Crippen LogP contribution in [0, 0.1) is 0 Å². The molecule has 0 atom stereocenters. The Morgan fingerprint density at radius 2 is 1.95 bits per heavy atom. The van der Waals surface area contributed by atoms with Crippen molar-refractivity contribution in [1.82, 2.24) is 10.2 Å². The van der Waals surface area contributed by atoms with Crippen LogP contribution in [-0.4, -0.2) is 61.3 Å². The average Bonchev–Trinajstić information content (AvgIpc) is 2.98. The third-order valence-corrected chi connectivity index (χ3v) is 5.50. The fourth-order valence-electron chi connectivity index (χ4n) is 2.74. The lowest BCUT2D eigenvalue weighted by atomic mass is 9.99. The third-order valence-electron chi connectivity index (χ3n) is 4.09. The molecule has 2 aliphatic heterocycles. The van der Waals surface area contributed by atoms with Gasteiger partial charge < -0.3 is 15.0 Å². The number of likely N-dealkylation sites (tertiary alicyclic amines) is 1. The zero-order valence-electron chi connectivity index (χ0n) is 12.7. The van der Waals surface area contributed by atoms with Crippen LogP contribution in [0.25, 0.3) is 0 Å². The Balaban J connectivity index is 0.00000200. The van der Waals surface area contributed by atoms with Gasteiger partial charge in [-0.25, -0.2) is 0 Å². The van der Waals surface area contributed by atoms with Gasteiger partial charge in [-0.3, -0.25) is 4.99 Å². The fraction of sp³-hybridized carbons (Fsp3) is 0.929. The molecule has 1 N–H and O–H groups in total. The molecule has 20 heavy (non-hydrogen) atoms. The Bertz CT molecular complexity index is 303. The van der Waals surface area contributed by atoms with Crippen LogP contribution in [0.4, 0.5) is 0 Å². The minimum absolute atomic E-state index is 0. The molecular formula is C14H28IN3OS. The number of rotatable bonds is 4. The molecule has 0 saturated carbocycles. The van der Waals surface area contributed by atoms with E-state index in [1.807, 2.05) is 11.8 Å². The summed E-state index contributed by atoms with van der Waals surface area (Å²) in [6, 6.07) is 0. The molecule has 2 saturated heterocycles. The number of hydrogen-bond donors (Lipinski definition) is 1. The number of thioether (sulfide) groups is 1. The average molecular weight is 413 g/mol. The molecule has 0 unspecified atom stereocenters. The van der Waals surface area contributed by atoms with Gasteiger partial charge >= 0.3 is 0 Å².